The molecule has 184 valence electrons. The highest BCUT2D eigenvalue weighted by atomic mass is 16.6. The number of carbonyl (C=O) groups excluding carboxylic acids is 2. The first kappa shape index (κ1) is 23.2. The van der Waals surface area contributed by atoms with Crippen molar-refractivity contribution in [3.63, 3.8) is 0 Å². The number of amides is 2. The standard InChI is InChI=1S/C27H25N3O6/c1-33-20-12-22-18(8-5-9-23(22)28-13-20)10-11-25(31)29-14-21-15-30(27(32)35-21)26-17-34-16-24(36-26)19-6-3-2-4-7-19/h2-3,5-6,8-13,16-17,21H,4,7,14-15H2,1H3,(H,29,31)/b11-10+/t21-/m1/s1. The Labute approximate surface area is 208 Å². The van der Waals surface area contributed by atoms with Crippen molar-refractivity contribution < 1.29 is 28.5 Å². The quantitative estimate of drug-likeness (QED) is 0.586. The molecule has 0 spiro atoms. The van der Waals surface area contributed by atoms with E-state index in [0.717, 1.165) is 34.9 Å². The molecule has 1 aromatic carbocycles. The second-order valence-electron chi connectivity index (χ2n) is 8.32. The summed E-state index contributed by atoms with van der Waals surface area (Å²) in [6.07, 6.45) is 14.3. The summed E-state index contributed by atoms with van der Waals surface area (Å²) in [6, 6.07) is 7.54. The largest absolute Gasteiger partial charge is 0.495 e. The number of benzene rings is 1. The Bertz CT molecular complexity index is 1340. The van der Waals surface area contributed by atoms with Gasteiger partial charge in [0.1, 0.15) is 18.1 Å². The summed E-state index contributed by atoms with van der Waals surface area (Å²) in [5, 5.41) is 3.65. The zero-order chi connectivity index (χ0) is 24.9. The van der Waals surface area contributed by atoms with E-state index in [1.165, 1.54) is 23.5 Å². The molecule has 2 aliphatic heterocycles. The van der Waals surface area contributed by atoms with E-state index in [1.54, 1.807) is 19.4 Å². The monoisotopic (exact) mass is 487 g/mol. The SMILES string of the molecule is COc1cnc2cccc(/C=C/C(=O)NC[C@@H]3CN(C4=COC=C(C5=CC=CCC5)O4)C(=O)O3)c2c1. The molecule has 1 saturated heterocycles. The van der Waals surface area contributed by atoms with Crippen molar-refractivity contribution in [1.82, 2.24) is 15.2 Å². The first-order chi connectivity index (χ1) is 17.6. The number of hydrogen-bond acceptors (Lipinski definition) is 7. The van der Waals surface area contributed by atoms with Crippen molar-refractivity contribution in [3.8, 4) is 5.75 Å². The molecule has 9 nitrogen and oxygen atoms in total. The summed E-state index contributed by atoms with van der Waals surface area (Å²) in [6.45, 7) is 0.377. The normalized spacial score (nSPS) is 19.2. The molecule has 1 aromatic heterocycles. The Balaban J connectivity index is 1.16. The molecule has 0 radical (unpaired) electrons. The van der Waals surface area contributed by atoms with Crippen LogP contribution in [0.4, 0.5) is 4.79 Å². The summed E-state index contributed by atoms with van der Waals surface area (Å²) in [5.74, 6) is 1.14. The lowest BCUT2D eigenvalue weighted by Crippen LogP contribution is -2.34. The van der Waals surface area contributed by atoms with Crippen LogP contribution in [0.1, 0.15) is 18.4 Å². The van der Waals surface area contributed by atoms with Gasteiger partial charge in [-0.2, -0.15) is 0 Å². The zero-order valence-corrected chi connectivity index (χ0v) is 19.7. The Morgan fingerprint density at radius 3 is 3.08 bits per heavy atom. The molecule has 1 N–H and O–H groups in total. The lowest BCUT2D eigenvalue weighted by molar-refractivity contribution is -0.116. The third kappa shape index (κ3) is 5.10. The molecule has 1 fully saturated rings. The van der Waals surface area contributed by atoms with Crippen molar-refractivity contribution in [1.29, 1.82) is 0 Å². The van der Waals surface area contributed by atoms with Crippen LogP contribution in [0, 0.1) is 0 Å². The molecule has 2 amide bonds. The van der Waals surface area contributed by atoms with E-state index in [1.807, 2.05) is 36.4 Å². The highest BCUT2D eigenvalue weighted by Crippen LogP contribution is 2.29. The van der Waals surface area contributed by atoms with Crippen LogP contribution < -0.4 is 10.1 Å². The average molecular weight is 488 g/mol. The van der Waals surface area contributed by atoms with Gasteiger partial charge in [-0.05, 0) is 42.2 Å². The van der Waals surface area contributed by atoms with Crippen LogP contribution in [-0.2, 0) is 19.0 Å². The smallest absolute Gasteiger partial charge is 0.417 e. The van der Waals surface area contributed by atoms with Crippen LogP contribution in [0.3, 0.4) is 0 Å². The molecule has 0 saturated carbocycles. The minimum atomic E-state index is -0.560. The fourth-order valence-electron chi connectivity index (χ4n) is 4.04. The van der Waals surface area contributed by atoms with Gasteiger partial charge in [-0.3, -0.25) is 9.78 Å². The molecule has 3 aliphatic rings. The van der Waals surface area contributed by atoms with E-state index in [0.29, 0.717) is 11.5 Å². The first-order valence-corrected chi connectivity index (χ1v) is 11.6. The number of allylic oxidation sites excluding steroid dienone is 4. The lowest BCUT2D eigenvalue weighted by Gasteiger charge is -2.23. The fraction of sp³-hybridized carbons (Fsp3) is 0.222. The fourth-order valence-corrected chi connectivity index (χ4v) is 4.04. The van der Waals surface area contributed by atoms with E-state index in [9.17, 15) is 9.59 Å². The zero-order valence-electron chi connectivity index (χ0n) is 19.7. The average Bonchev–Trinajstić information content (AvgIpc) is 3.31. The molecule has 2 aromatic rings. The Hall–Kier alpha value is -4.53. The number of carbonyl (C=O) groups is 2. The molecule has 1 atom stereocenters. The number of nitrogens with zero attached hydrogens (tertiary/aromatic N) is 2. The summed E-state index contributed by atoms with van der Waals surface area (Å²) in [4.78, 5) is 30.6. The van der Waals surface area contributed by atoms with E-state index >= 15 is 0 Å². The van der Waals surface area contributed by atoms with Crippen molar-refractivity contribution in [2.75, 3.05) is 20.2 Å². The molecule has 3 heterocycles. The van der Waals surface area contributed by atoms with Gasteiger partial charge in [0.05, 0.1) is 31.9 Å². The van der Waals surface area contributed by atoms with Crippen molar-refractivity contribution >= 4 is 29.0 Å². The van der Waals surface area contributed by atoms with Gasteiger partial charge < -0.3 is 24.3 Å². The van der Waals surface area contributed by atoms with Crippen LogP contribution in [-0.4, -0.2) is 48.2 Å². The lowest BCUT2D eigenvalue weighted by atomic mass is 10.0. The van der Waals surface area contributed by atoms with Crippen molar-refractivity contribution in [2.45, 2.75) is 18.9 Å². The van der Waals surface area contributed by atoms with Gasteiger partial charge in [-0.1, -0.05) is 30.4 Å². The molecule has 0 bridgehead atoms. The van der Waals surface area contributed by atoms with E-state index in [4.69, 9.17) is 18.9 Å². The number of methoxy groups -OCH3 is 1. The van der Waals surface area contributed by atoms with Gasteiger partial charge in [-0.25, -0.2) is 9.69 Å². The second kappa shape index (κ2) is 10.4. The maximum Gasteiger partial charge on any atom is 0.417 e. The Morgan fingerprint density at radius 2 is 2.25 bits per heavy atom. The summed E-state index contributed by atoms with van der Waals surface area (Å²) in [5.41, 5.74) is 2.63. The van der Waals surface area contributed by atoms with Gasteiger partial charge in [0.25, 0.3) is 0 Å². The highest BCUT2D eigenvalue weighted by Gasteiger charge is 2.36. The minimum Gasteiger partial charge on any atom is -0.495 e. The van der Waals surface area contributed by atoms with Crippen molar-refractivity contribution in [2.24, 2.45) is 0 Å². The maximum atomic E-state index is 12.4. The number of pyridine rings is 1. The molecule has 5 rings (SSSR count). The molecular weight excluding hydrogens is 462 g/mol. The highest BCUT2D eigenvalue weighted by molar-refractivity contribution is 5.96. The maximum absolute atomic E-state index is 12.4. The predicted molar refractivity (Wildman–Crippen MR) is 132 cm³/mol. The van der Waals surface area contributed by atoms with Crippen LogP contribution in [0.15, 0.2) is 84.5 Å². The summed E-state index contributed by atoms with van der Waals surface area (Å²) < 4.78 is 22.0. The number of rotatable bonds is 7. The molecule has 1 aliphatic carbocycles. The molecule has 0 unspecified atom stereocenters. The van der Waals surface area contributed by atoms with Crippen LogP contribution in [0.2, 0.25) is 0 Å². The van der Waals surface area contributed by atoms with Gasteiger partial charge in [0.15, 0.2) is 12.0 Å². The van der Waals surface area contributed by atoms with Gasteiger partial charge >= 0.3 is 6.09 Å². The second-order valence-corrected chi connectivity index (χ2v) is 8.32. The van der Waals surface area contributed by atoms with Crippen LogP contribution in [0.25, 0.3) is 17.0 Å². The van der Waals surface area contributed by atoms with Crippen LogP contribution >= 0.6 is 0 Å². The number of hydrogen-bond donors (Lipinski definition) is 1. The number of ether oxygens (including phenoxy) is 4. The van der Waals surface area contributed by atoms with Crippen molar-refractivity contribution in [3.05, 3.63) is 90.1 Å². The Kier molecular flexibility index (Phi) is 6.70. The summed E-state index contributed by atoms with van der Waals surface area (Å²) >= 11 is 0. The summed E-state index contributed by atoms with van der Waals surface area (Å²) in [7, 11) is 1.58. The van der Waals surface area contributed by atoms with Gasteiger partial charge in [0, 0.05) is 11.5 Å². The predicted octanol–water partition coefficient (Wildman–Crippen LogP) is 4.16. The molecular formula is C27H25N3O6. The first-order valence-electron chi connectivity index (χ1n) is 11.6. The van der Waals surface area contributed by atoms with E-state index < -0.39 is 12.2 Å². The van der Waals surface area contributed by atoms with E-state index in [2.05, 4.69) is 16.4 Å². The number of fused-ring (bicyclic) bond motifs is 1. The number of nitrogens with one attached hydrogen (secondary N) is 1. The molecule has 36 heavy (non-hydrogen) atoms. The minimum absolute atomic E-state index is 0.156. The molecule has 9 heteroatoms. The number of cyclic esters (lactones) is 1. The Morgan fingerprint density at radius 1 is 1.33 bits per heavy atom. The van der Waals surface area contributed by atoms with Crippen LogP contribution in [0.5, 0.6) is 5.75 Å². The third-order valence-electron chi connectivity index (χ3n) is 5.92. The van der Waals surface area contributed by atoms with E-state index in [-0.39, 0.29) is 24.9 Å². The van der Waals surface area contributed by atoms with Gasteiger partial charge in [-0.15, -0.1) is 0 Å². The third-order valence-corrected chi connectivity index (χ3v) is 5.92. The topological polar surface area (TPSA) is 99.2 Å². The van der Waals surface area contributed by atoms with Gasteiger partial charge in [0.2, 0.25) is 11.8 Å². The number of aromatic nitrogens is 1.